The van der Waals surface area contributed by atoms with Crippen molar-refractivity contribution in [3.63, 3.8) is 0 Å². The summed E-state index contributed by atoms with van der Waals surface area (Å²) < 4.78 is 0. The molecule has 0 aromatic carbocycles. The molecule has 0 unspecified atom stereocenters. The Morgan fingerprint density at radius 1 is 1.42 bits per heavy atom. The molecule has 1 aromatic rings. The predicted octanol–water partition coefficient (Wildman–Crippen LogP) is 0.159. The molecule has 2 heterocycles. The van der Waals surface area contributed by atoms with Gasteiger partial charge in [0.2, 0.25) is 11.9 Å². The highest BCUT2D eigenvalue weighted by Gasteiger charge is 2.22. The molecule has 7 heteroatoms. The first-order chi connectivity index (χ1) is 9.10. The van der Waals surface area contributed by atoms with Gasteiger partial charge in [-0.25, -0.2) is 0 Å². The van der Waals surface area contributed by atoms with Gasteiger partial charge in [0.15, 0.2) is 0 Å². The second-order valence-corrected chi connectivity index (χ2v) is 4.63. The number of nitrogens with zero attached hydrogens (tertiary/aromatic N) is 4. The topological polar surface area (TPSA) is 87.4 Å². The molecule has 1 amide bonds. The fourth-order valence-electron chi connectivity index (χ4n) is 1.91. The maximum Gasteiger partial charge on any atom is 0.241 e. The Hall–Kier alpha value is -2.05. The molecule has 0 saturated carbocycles. The summed E-state index contributed by atoms with van der Waals surface area (Å²) in [5, 5.41) is 3.18. The van der Waals surface area contributed by atoms with E-state index in [1.54, 1.807) is 4.90 Å². The van der Waals surface area contributed by atoms with E-state index in [1.807, 2.05) is 18.0 Å². The van der Waals surface area contributed by atoms with Crippen LogP contribution in [-0.4, -0.2) is 54.0 Å². The van der Waals surface area contributed by atoms with Gasteiger partial charge in [0.05, 0.1) is 6.54 Å². The zero-order valence-electron chi connectivity index (χ0n) is 11.4. The summed E-state index contributed by atoms with van der Waals surface area (Å²) in [7, 11) is 1.81. The zero-order chi connectivity index (χ0) is 13.8. The first-order valence-electron chi connectivity index (χ1n) is 6.47. The van der Waals surface area contributed by atoms with Crippen molar-refractivity contribution in [2.75, 3.05) is 49.2 Å². The molecule has 0 radical (unpaired) electrons. The number of nitrogens with one attached hydrogen (secondary N) is 1. The Labute approximate surface area is 112 Å². The van der Waals surface area contributed by atoms with E-state index < -0.39 is 0 Å². The molecule has 0 aliphatic carbocycles. The van der Waals surface area contributed by atoms with Gasteiger partial charge in [-0.15, -0.1) is 0 Å². The van der Waals surface area contributed by atoms with Crippen molar-refractivity contribution in [2.45, 2.75) is 13.3 Å². The molecule has 19 heavy (non-hydrogen) atoms. The molecule has 7 nitrogen and oxygen atoms in total. The van der Waals surface area contributed by atoms with Crippen LogP contribution in [0, 0.1) is 0 Å². The molecular weight excluding hydrogens is 244 g/mol. The van der Waals surface area contributed by atoms with Gasteiger partial charge in [-0.3, -0.25) is 4.79 Å². The van der Waals surface area contributed by atoms with Gasteiger partial charge < -0.3 is 20.9 Å². The van der Waals surface area contributed by atoms with Crippen LogP contribution in [0.25, 0.3) is 0 Å². The van der Waals surface area contributed by atoms with Crippen LogP contribution in [0.2, 0.25) is 0 Å². The quantitative estimate of drug-likeness (QED) is 0.805. The van der Waals surface area contributed by atoms with Crippen molar-refractivity contribution in [1.29, 1.82) is 0 Å². The summed E-state index contributed by atoms with van der Waals surface area (Å²) in [5.41, 5.74) is 5.72. The molecule has 0 spiro atoms. The second kappa shape index (κ2) is 5.73. The largest absolute Gasteiger partial charge is 0.370 e. The van der Waals surface area contributed by atoms with E-state index >= 15 is 0 Å². The number of anilines is 3. The third kappa shape index (κ3) is 3.24. The van der Waals surface area contributed by atoms with E-state index in [0.29, 0.717) is 24.7 Å². The molecular formula is C12H20N6O. The first kappa shape index (κ1) is 13.4. The van der Waals surface area contributed by atoms with Crippen molar-refractivity contribution < 1.29 is 4.79 Å². The van der Waals surface area contributed by atoms with Crippen molar-refractivity contribution in [2.24, 2.45) is 0 Å². The van der Waals surface area contributed by atoms with Crippen LogP contribution in [0.5, 0.6) is 0 Å². The van der Waals surface area contributed by atoms with Gasteiger partial charge >= 0.3 is 0 Å². The van der Waals surface area contributed by atoms with Crippen LogP contribution in [0.4, 0.5) is 17.6 Å². The number of amides is 1. The maximum absolute atomic E-state index is 11.7. The van der Waals surface area contributed by atoms with Gasteiger partial charge in [-0.05, 0) is 6.42 Å². The lowest BCUT2D eigenvalue weighted by atomic mass is 10.3. The Morgan fingerprint density at radius 3 is 2.89 bits per heavy atom. The van der Waals surface area contributed by atoms with E-state index in [9.17, 15) is 4.79 Å². The van der Waals surface area contributed by atoms with Crippen molar-refractivity contribution in [3.8, 4) is 0 Å². The Morgan fingerprint density at radius 2 is 2.21 bits per heavy atom. The molecule has 3 N–H and O–H groups in total. The number of aromatic nitrogens is 2. The van der Waals surface area contributed by atoms with Crippen molar-refractivity contribution in [3.05, 3.63) is 6.07 Å². The zero-order valence-corrected chi connectivity index (χ0v) is 11.4. The maximum atomic E-state index is 11.7. The summed E-state index contributed by atoms with van der Waals surface area (Å²) in [6.07, 6.45) is 1.01. The SMILES string of the molecule is CCCNc1cc(N2CCN(C)C(=O)C2)nc(N)n1. The van der Waals surface area contributed by atoms with Crippen LogP contribution in [0.15, 0.2) is 6.07 Å². The number of piperazine rings is 1. The summed E-state index contributed by atoms with van der Waals surface area (Å²) in [4.78, 5) is 23.7. The molecule has 1 saturated heterocycles. The minimum absolute atomic E-state index is 0.0894. The monoisotopic (exact) mass is 264 g/mol. The standard InChI is InChI=1S/C12H20N6O/c1-3-4-14-9-7-10(16-12(13)15-9)18-6-5-17(2)11(19)8-18/h7H,3-6,8H2,1-2H3,(H3,13,14,15,16). The van der Waals surface area contributed by atoms with Crippen LogP contribution < -0.4 is 16.0 Å². The fraction of sp³-hybridized carbons (Fsp3) is 0.583. The Kier molecular flexibility index (Phi) is 4.03. The minimum Gasteiger partial charge on any atom is -0.370 e. The normalized spacial score (nSPS) is 15.8. The molecule has 104 valence electrons. The molecule has 1 aromatic heterocycles. The molecule has 1 aliphatic rings. The summed E-state index contributed by atoms with van der Waals surface area (Å²) >= 11 is 0. The Bertz CT molecular complexity index is 464. The number of likely N-dealkylation sites (N-methyl/N-ethyl adjacent to an activating group) is 1. The first-order valence-corrected chi connectivity index (χ1v) is 6.47. The third-order valence-electron chi connectivity index (χ3n) is 3.07. The van der Waals surface area contributed by atoms with Crippen LogP contribution >= 0.6 is 0 Å². The van der Waals surface area contributed by atoms with Gasteiger partial charge in [0, 0.05) is 32.7 Å². The lowest BCUT2D eigenvalue weighted by molar-refractivity contribution is -0.129. The van der Waals surface area contributed by atoms with Crippen LogP contribution in [-0.2, 0) is 4.79 Å². The molecule has 0 atom stereocenters. The lowest BCUT2D eigenvalue weighted by Gasteiger charge is -2.32. The highest BCUT2D eigenvalue weighted by molar-refractivity contribution is 5.82. The smallest absolute Gasteiger partial charge is 0.241 e. The van der Waals surface area contributed by atoms with E-state index in [1.165, 1.54) is 0 Å². The van der Waals surface area contributed by atoms with E-state index in [-0.39, 0.29) is 11.9 Å². The van der Waals surface area contributed by atoms with Crippen LogP contribution in [0.3, 0.4) is 0 Å². The second-order valence-electron chi connectivity index (χ2n) is 4.63. The fourth-order valence-corrected chi connectivity index (χ4v) is 1.91. The average Bonchev–Trinajstić information content (AvgIpc) is 2.39. The van der Waals surface area contributed by atoms with Crippen LogP contribution in [0.1, 0.15) is 13.3 Å². The number of nitrogen functional groups attached to an aromatic ring is 1. The highest BCUT2D eigenvalue weighted by atomic mass is 16.2. The predicted molar refractivity (Wildman–Crippen MR) is 75.1 cm³/mol. The molecule has 0 bridgehead atoms. The number of carbonyl (C=O) groups excluding carboxylic acids is 1. The van der Waals surface area contributed by atoms with E-state index in [4.69, 9.17) is 5.73 Å². The number of hydrogen-bond donors (Lipinski definition) is 2. The van der Waals surface area contributed by atoms with E-state index in [0.717, 1.165) is 19.5 Å². The minimum atomic E-state index is 0.0894. The number of carbonyl (C=O) groups is 1. The number of nitrogens with two attached hydrogens (primary N) is 1. The van der Waals surface area contributed by atoms with Crippen molar-refractivity contribution in [1.82, 2.24) is 14.9 Å². The lowest BCUT2D eigenvalue weighted by Crippen LogP contribution is -2.48. The average molecular weight is 264 g/mol. The van der Waals surface area contributed by atoms with Gasteiger partial charge in [0.1, 0.15) is 11.6 Å². The van der Waals surface area contributed by atoms with Gasteiger partial charge in [-0.2, -0.15) is 9.97 Å². The summed E-state index contributed by atoms with van der Waals surface area (Å²) in [6, 6.07) is 1.84. The van der Waals surface area contributed by atoms with Gasteiger partial charge in [-0.1, -0.05) is 6.92 Å². The van der Waals surface area contributed by atoms with E-state index in [2.05, 4.69) is 22.2 Å². The number of rotatable bonds is 4. The molecule has 1 fully saturated rings. The van der Waals surface area contributed by atoms with Crippen molar-refractivity contribution >= 4 is 23.5 Å². The van der Waals surface area contributed by atoms with Gasteiger partial charge in [0.25, 0.3) is 0 Å². The number of hydrogen-bond acceptors (Lipinski definition) is 6. The Balaban J connectivity index is 2.15. The third-order valence-corrected chi connectivity index (χ3v) is 3.07. The summed E-state index contributed by atoms with van der Waals surface area (Å²) in [6.45, 7) is 4.70. The molecule has 2 rings (SSSR count). The highest BCUT2D eigenvalue weighted by Crippen LogP contribution is 2.18. The summed E-state index contributed by atoms with van der Waals surface area (Å²) in [5.74, 6) is 1.72. The molecule has 1 aliphatic heterocycles.